The number of hydrogen-bond donors (Lipinski definition) is 1. The van der Waals surface area contributed by atoms with E-state index in [4.69, 9.17) is 20.5 Å². The molecule has 0 aromatic rings. The van der Waals surface area contributed by atoms with Gasteiger partial charge in [0.1, 0.15) is 5.54 Å². The van der Waals surface area contributed by atoms with Gasteiger partial charge in [0.25, 0.3) is 0 Å². The zero-order valence-electron chi connectivity index (χ0n) is 9.53. The Balaban J connectivity index is 2.10. The van der Waals surface area contributed by atoms with Crippen molar-refractivity contribution in [2.45, 2.75) is 38.3 Å². The molecule has 2 N–H and O–H groups in total. The summed E-state index contributed by atoms with van der Waals surface area (Å²) in [5.74, 6) is 0.327. The van der Waals surface area contributed by atoms with Gasteiger partial charge in [-0.2, -0.15) is 5.26 Å². The van der Waals surface area contributed by atoms with Gasteiger partial charge in [0.05, 0.1) is 32.0 Å². The Morgan fingerprint density at radius 1 is 1.47 bits per heavy atom. The van der Waals surface area contributed by atoms with E-state index in [1.165, 1.54) is 0 Å². The number of ether oxygens (including phenoxy) is 2. The number of nitriles is 1. The molecule has 0 spiro atoms. The first-order chi connectivity index (χ1) is 7.08. The summed E-state index contributed by atoms with van der Waals surface area (Å²) in [4.78, 5) is 0. The normalized spacial score (nSPS) is 19.9. The van der Waals surface area contributed by atoms with Gasteiger partial charge >= 0.3 is 0 Å². The second kappa shape index (κ2) is 5.45. The summed E-state index contributed by atoms with van der Waals surface area (Å²) < 4.78 is 10.7. The quantitative estimate of drug-likeness (QED) is 0.641. The molecule has 0 aromatic heterocycles. The van der Waals surface area contributed by atoms with Crippen LogP contribution < -0.4 is 5.73 Å². The van der Waals surface area contributed by atoms with E-state index in [2.05, 4.69) is 6.07 Å². The van der Waals surface area contributed by atoms with Gasteiger partial charge in [-0.25, -0.2) is 0 Å². The molecule has 15 heavy (non-hydrogen) atoms. The highest BCUT2D eigenvalue weighted by atomic mass is 16.5. The maximum atomic E-state index is 8.95. The monoisotopic (exact) mass is 212 g/mol. The minimum absolute atomic E-state index is 0.218. The maximum absolute atomic E-state index is 8.95. The van der Waals surface area contributed by atoms with Crippen molar-refractivity contribution in [1.29, 1.82) is 5.26 Å². The van der Waals surface area contributed by atoms with Gasteiger partial charge in [0, 0.05) is 0 Å². The molecule has 0 aliphatic heterocycles. The van der Waals surface area contributed by atoms with Gasteiger partial charge in [-0.15, -0.1) is 0 Å². The summed E-state index contributed by atoms with van der Waals surface area (Å²) >= 11 is 0. The van der Waals surface area contributed by atoms with E-state index in [0.717, 1.165) is 12.8 Å². The summed E-state index contributed by atoms with van der Waals surface area (Å²) in [5.41, 5.74) is 5.14. The predicted octanol–water partition coefficient (Wildman–Crippen LogP) is 1.06. The third-order valence-electron chi connectivity index (χ3n) is 2.53. The molecule has 1 atom stereocenters. The smallest absolute Gasteiger partial charge is 0.130 e. The van der Waals surface area contributed by atoms with E-state index in [0.29, 0.717) is 25.7 Å². The summed E-state index contributed by atoms with van der Waals surface area (Å²) in [6.07, 6.45) is 2.32. The molecule has 0 aromatic carbocycles. The molecule has 0 amide bonds. The fourth-order valence-corrected chi connectivity index (χ4v) is 1.42. The van der Waals surface area contributed by atoms with Crippen LogP contribution in [0.3, 0.4) is 0 Å². The molecule has 1 fully saturated rings. The Morgan fingerprint density at radius 2 is 2.13 bits per heavy atom. The van der Waals surface area contributed by atoms with Gasteiger partial charge in [-0.3, -0.25) is 0 Å². The Morgan fingerprint density at radius 3 is 2.60 bits per heavy atom. The zero-order chi connectivity index (χ0) is 11.3. The van der Waals surface area contributed by atoms with Crippen LogP contribution in [-0.4, -0.2) is 31.5 Å². The van der Waals surface area contributed by atoms with Crippen LogP contribution in [0.15, 0.2) is 0 Å². The molecule has 0 bridgehead atoms. The van der Waals surface area contributed by atoms with Crippen LogP contribution in [0.25, 0.3) is 0 Å². The highest BCUT2D eigenvalue weighted by Crippen LogP contribution is 2.38. The number of rotatable bonds is 7. The van der Waals surface area contributed by atoms with Crippen molar-refractivity contribution in [2.75, 3.05) is 19.8 Å². The van der Waals surface area contributed by atoms with Crippen molar-refractivity contribution in [3.8, 4) is 6.07 Å². The summed E-state index contributed by atoms with van der Waals surface area (Å²) in [7, 11) is 0. The second-order valence-electron chi connectivity index (χ2n) is 4.40. The third-order valence-corrected chi connectivity index (χ3v) is 2.53. The maximum Gasteiger partial charge on any atom is 0.130 e. The molecule has 1 saturated carbocycles. The predicted molar refractivity (Wildman–Crippen MR) is 57.2 cm³/mol. The molecular formula is C11H20N2O2. The lowest BCUT2D eigenvalue weighted by atomic mass is 9.98. The zero-order valence-corrected chi connectivity index (χ0v) is 9.53. The second-order valence-corrected chi connectivity index (χ2v) is 4.40. The summed E-state index contributed by atoms with van der Waals surface area (Å²) in [5, 5.41) is 8.95. The Bertz CT molecular complexity index is 233. The standard InChI is InChI=1S/C11H20N2O2/c1-9(2)15-6-5-14-8-11(13,7-12)10-3-4-10/h9-10H,3-6,8,13H2,1-2H3. The number of nitrogens with zero attached hydrogens (tertiary/aromatic N) is 1. The van der Waals surface area contributed by atoms with Gasteiger partial charge < -0.3 is 15.2 Å². The molecule has 1 aliphatic rings. The summed E-state index contributed by atoms with van der Waals surface area (Å²) in [6.45, 7) is 5.34. The molecule has 1 aliphatic carbocycles. The van der Waals surface area contributed by atoms with Crippen molar-refractivity contribution in [1.82, 2.24) is 0 Å². The van der Waals surface area contributed by atoms with Crippen LogP contribution >= 0.6 is 0 Å². The Labute approximate surface area is 91.3 Å². The minimum Gasteiger partial charge on any atom is -0.376 e. The minimum atomic E-state index is -0.780. The van der Waals surface area contributed by atoms with Crippen LogP contribution in [0.2, 0.25) is 0 Å². The topological polar surface area (TPSA) is 68.3 Å². The molecular weight excluding hydrogens is 192 g/mol. The molecule has 0 heterocycles. The van der Waals surface area contributed by atoms with Gasteiger partial charge in [0.2, 0.25) is 0 Å². The van der Waals surface area contributed by atoms with Crippen molar-refractivity contribution >= 4 is 0 Å². The average molecular weight is 212 g/mol. The van der Waals surface area contributed by atoms with Crippen LogP contribution in [-0.2, 0) is 9.47 Å². The Kier molecular flexibility index (Phi) is 4.52. The highest BCUT2D eigenvalue weighted by molar-refractivity contribution is 5.13. The van der Waals surface area contributed by atoms with Crippen LogP contribution in [0, 0.1) is 17.2 Å². The van der Waals surface area contributed by atoms with Crippen molar-refractivity contribution in [2.24, 2.45) is 11.7 Å². The van der Waals surface area contributed by atoms with E-state index in [9.17, 15) is 0 Å². The lowest BCUT2D eigenvalue weighted by Gasteiger charge is -2.20. The fourth-order valence-electron chi connectivity index (χ4n) is 1.42. The molecule has 1 unspecified atom stereocenters. The SMILES string of the molecule is CC(C)OCCOCC(N)(C#N)C1CC1. The first-order valence-corrected chi connectivity index (χ1v) is 5.48. The van der Waals surface area contributed by atoms with Gasteiger partial charge in [-0.1, -0.05) is 0 Å². The lowest BCUT2D eigenvalue weighted by Crippen LogP contribution is -2.45. The van der Waals surface area contributed by atoms with Crippen molar-refractivity contribution < 1.29 is 9.47 Å². The Hall–Kier alpha value is -0.630. The third kappa shape index (κ3) is 4.17. The molecule has 0 saturated heterocycles. The van der Waals surface area contributed by atoms with Crippen molar-refractivity contribution in [3.63, 3.8) is 0 Å². The lowest BCUT2D eigenvalue weighted by molar-refractivity contribution is 0.00903. The van der Waals surface area contributed by atoms with Crippen molar-refractivity contribution in [3.05, 3.63) is 0 Å². The van der Waals surface area contributed by atoms with Crippen LogP contribution in [0.1, 0.15) is 26.7 Å². The molecule has 4 nitrogen and oxygen atoms in total. The van der Waals surface area contributed by atoms with Gasteiger partial charge in [-0.05, 0) is 32.6 Å². The first kappa shape index (κ1) is 12.4. The molecule has 0 radical (unpaired) electrons. The van der Waals surface area contributed by atoms with E-state index in [1.807, 2.05) is 13.8 Å². The van der Waals surface area contributed by atoms with E-state index in [-0.39, 0.29) is 6.10 Å². The average Bonchev–Trinajstić information content (AvgIpc) is 3.00. The molecule has 1 rings (SSSR count). The van der Waals surface area contributed by atoms with Crippen LogP contribution in [0.4, 0.5) is 0 Å². The molecule has 4 heteroatoms. The van der Waals surface area contributed by atoms with E-state index < -0.39 is 5.54 Å². The van der Waals surface area contributed by atoms with E-state index in [1.54, 1.807) is 0 Å². The number of hydrogen-bond acceptors (Lipinski definition) is 4. The van der Waals surface area contributed by atoms with E-state index >= 15 is 0 Å². The first-order valence-electron chi connectivity index (χ1n) is 5.48. The molecule has 86 valence electrons. The summed E-state index contributed by atoms with van der Waals surface area (Å²) in [6, 6.07) is 2.15. The van der Waals surface area contributed by atoms with Crippen LogP contribution in [0.5, 0.6) is 0 Å². The number of nitrogens with two attached hydrogens (primary N) is 1. The largest absolute Gasteiger partial charge is 0.376 e. The fraction of sp³-hybridized carbons (Fsp3) is 0.909. The highest BCUT2D eigenvalue weighted by Gasteiger charge is 2.42. The van der Waals surface area contributed by atoms with Gasteiger partial charge in [0.15, 0.2) is 0 Å².